The van der Waals surface area contributed by atoms with E-state index in [0.717, 1.165) is 0 Å². The van der Waals surface area contributed by atoms with Gasteiger partial charge in [-0.25, -0.2) is 10.6 Å². The van der Waals surface area contributed by atoms with E-state index in [1.54, 1.807) is 25.2 Å². The second-order valence-corrected chi connectivity index (χ2v) is 4.03. The maximum absolute atomic E-state index is 11.3. The van der Waals surface area contributed by atoms with E-state index in [0.29, 0.717) is 16.7 Å². The Kier molecular flexibility index (Phi) is 3.17. The molecule has 1 aromatic carbocycles. The summed E-state index contributed by atoms with van der Waals surface area (Å²) in [4.78, 5) is 22.5. The molecule has 1 amide bonds. The molecule has 96 valence electrons. The van der Waals surface area contributed by atoms with Gasteiger partial charge in [0.05, 0.1) is 5.52 Å². The zero-order chi connectivity index (χ0) is 13.3. The summed E-state index contributed by atoms with van der Waals surface area (Å²) in [5, 5.41) is 0. The summed E-state index contributed by atoms with van der Waals surface area (Å²) >= 11 is 0. The fourth-order valence-electron chi connectivity index (χ4n) is 1.76. The lowest BCUT2D eigenvalue weighted by atomic mass is 10.0. The molecule has 0 spiro atoms. The van der Waals surface area contributed by atoms with Crippen molar-refractivity contribution in [3.63, 3.8) is 0 Å². The number of benzene rings is 1. The van der Waals surface area contributed by atoms with E-state index in [1.165, 1.54) is 4.57 Å². The summed E-state index contributed by atoms with van der Waals surface area (Å²) in [5.41, 5.74) is 9.72. The summed E-state index contributed by atoms with van der Waals surface area (Å²) in [6.07, 6.45) is 0.0685. The monoisotopic (exact) mass is 250 g/mol. The van der Waals surface area contributed by atoms with Gasteiger partial charge in [-0.3, -0.25) is 14.8 Å². The molecule has 1 unspecified atom stereocenters. The van der Waals surface area contributed by atoms with Crippen LogP contribution in [0.1, 0.15) is 18.0 Å². The highest BCUT2D eigenvalue weighted by atomic mass is 16.4. The number of hydrogen-bond acceptors (Lipinski definition) is 5. The first-order chi connectivity index (χ1) is 8.52. The van der Waals surface area contributed by atoms with E-state index in [9.17, 15) is 9.59 Å². The maximum Gasteiger partial charge on any atom is 0.419 e. The number of amides is 1. The number of carbonyl (C=O) groups is 1. The van der Waals surface area contributed by atoms with E-state index < -0.39 is 11.8 Å². The first kappa shape index (κ1) is 12.3. The summed E-state index contributed by atoms with van der Waals surface area (Å²) in [7, 11) is 1.62. The molecule has 0 fully saturated rings. The topological polar surface area (TPSA) is 116 Å². The number of hydrogen-bond donors (Lipinski definition) is 3. The standard InChI is InChI=1S/C11H14N4O3/c1-15-8-3-2-6(4-9(8)18-11(15)17)7(12)5-10(16)14-13/h2-4,7H,5,12-13H2,1H3,(H,14,16). The van der Waals surface area contributed by atoms with Crippen LogP contribution in [0.2, 0.25) is 0 Å². The molecule has 0 aliphatic carbocycles. The van der Waals surface area contributed by atoms with Crippen molar-refractivity contribution in [1.82, 2.24) is 9.99 Å². The lowest BCUT2D eigenvalue weighted by Gasteiger charge is -2.10. The van der Waals surface area contributed by atoms with Crippen LogP contribution in [0.3, 0.4) is 0 Å². The Balaban J connectivity index is 2.35. The molecular formula is C11H14N4O3. The molecule has 0 radical (unpaired) electrons. The third-order valence-corrected chi connectivity index (χ3v) is 2.81. The van der Waals surface area contributed by atoms with E-state index in [1.807, 2.05) is 5.43 Å². The Morgan fingerprint density at radius 2 is 2.28 bits per heavy atom. The summed E-state index contributed by atoms with van der Waals surface area (Å²) in [6.45, 7) is 0. The van der Waals surface area contributed by atoms with Gasteiger partial charge < -0.3 is 10.2 Å². The maximum atomic E-state index is 11.3. The first-order valence-corrected chi connectivity index (χ1v) is 5.37. The van der Waals surface area contributed by atoms with Crippen LogP contribution in [0.25, 0.3) is 11.1 Å². The molecule has 1 heterocycles. The summed E-state index contributed by atoms with van der Waals surface area (Å²) in [5.74, 6) is 4.21. The average Bonchev–Trinajstić information content (AvgIpc) is 2.64. The fourth-order valence-corrected chi connectivity index (χ4v) is 1.76. The number of fused-ring (bicyclic) bond motifs is 1. The third kappa shape index (κ3) is 2.13. The van der Waals surface area contributed by atoms with Gasteiger partial charge in [-0.15, -0.1) is 0 Å². The Morgan fingerprint density at radius 3 is 2.94 bits per heavy atom. The second kappa shape index (κ2) is 4.63. The molecule has 7 nitrogen and oxygen atoms in total. The molecule has 0 saturated carbocycles. The smallest absolute Gasteiger partial charge is 0.408 e. The van der Waals surface area contributed by atoms with Crippen LogP contribution in [0.5, 0.6) is 0 Å². The minimum absolute atomic E-state index is 0.0685. The molecule has 0 bridgehead atoms. The Labute approximate surface area is 102 Å². The molecule has 0 aliphatic heterocycles. The van der Waals surface area contributed by atoms with Crippen molar-refractivity contribution >= 4 is 17.0 Å². The predicted octanol–water partition coefficient (Wildman–Crippen LogP) is -0.489. The molecule has 5 N–H and O–H groups in total. The molecule has 2 aromatic rings. The number of nitrogens with two attached hydrogens (primary N) is 2. The predicted molar refractivity (Wildman–Crippen MR) is 65.3 cm³/mol. The Hall–Kier alpha value is -2.12. The van der Waals surface area contributed by atoms with Crippen molar-refractivity contribution in [1.29, 1.82) is 0 Å². The van der Waals surface area contributed by atoms with Crippen LogP contribution < -0.4 is 22.8 Å². The van der Waals surface area contributed by atoms with Gasteiger partial charge >= 0.3 is 5.76 Å². The number of nitrogens with zero attached hydrogens (tertiary/aromatic N) is 1. The SMILES string of the molecule is Cn1c(=O)oc2cc(C(N)CC(=O)NN)ccc21. The lowest BCUT2D eigenvalue weighted by Crippen LogP contribution is -2.32. The van der Waals surface area contributed by atoms with Crippen molar-refractivity contribution < 1.29 is 9.21 Å². The van der Waals surface area contributed by atoms with Crippen molar-refractivity contribution in [3.8, 4) is 0 Å². The number of carbonyl (C=O) groups excluding carboxylic acids is 1. The van der Waals surface area contributed by atoms with Crippen molar-refractivity contribution in [2.75, 3.05) is 0 Å². The van der Waals surface area contributed by atoms with Gasteiger partial charge in [0.2, 0.25) is 5.91 Å². The highest BCUT2D eigenvalue weighted by molar-refractivity contribution is 5.77. The van der Waals surface area contributed by atoms with Crippen molar-refractivity contribution in [2.24, 2.45) is 18.6 Å². The van der Waals surface area contributed by atoms with E-state index >= 15 is 0 Å². The number of aryl methyl sites for hydroxylation is 1. The summed E-state index contributed by atoms with van der Waals surface area (Å²) < 4.78 is 6.45. The van der Waals surface area contributed by atoms with Gasteiger partial charge in [-0.1, -0.05) is 6.07 Å². The van der Waals surface area contributed by atoms with Gasteiger partial charge in [0.15, 0.2) is 5.58 Å². The van der Waals surface area contributed by atoms with Gasteiger partial charge in [0.25, 0.3) is 0 Å². The molecule has 2 rings (SSSR count). The number of rotatable bonds is 3. The van der Waals surface area contributed by atoms with E-state index in [4.69, 9.17) is 16.0 Å². The van der Waals surface area contributed by atoms with Crippen LogP contribution >= 0.6 is 0 Å². The third-order valence-electron chi connectivity index (χ3n) is 2.81. The zero-order valence-electron chi connectivity index (χ0n) is 9.84. The van der Waals surface area contributed by atoms with E-state index in [2.05, 4.69) is 0 Å². The Morgan fingerprint density at radius 1 is 1.56 bits per heavy atom. The number of oxazole rings is 1. The van der Waals surface area contributed by atoms with Crippen LogP contribution in [-0.2, 0) is 11.8 Å². The molecule has 0 aliphatic rings. The second-order valence-electron chi connectivity index (χ2n) is 4.03. The lowest BCUT2D eigenvalue weighted by molar-refractivity contribution is -0.121. The molecule has 1 aromatic heterocycles. The van der Waals surface area contributed by atoms with Crippen LogP contribution in [-0.4, -0.2) is 10.5 Å². The first-order valence-electron chi connectivity index (χ1n) is 5.37. The average molecular weight is 250 g/mol. The highest BCUT2D eigenvalue weighted by Crippen LogP contribution is 2.20. The minimum Gasteiger partial charge on any atom is -0.408 e. The van der Waals surface area contributed by atoms with Crippen molar-refractivity contribution in [2.45, 2.75) is 12.5 Å². The summed E-state index contributed by atoms with van der Waals surface area (Å²) in [6, 6.07) is 4.65. The Bertz CT molecular complexity index is 643. The largest absolute Gasteiger partial charge is 0.419 e. The molecule has 0 saturated heterocycles. The normalized spacial score (nSPS) is 12.6. The molecule has 7 heteroatoms. The zero-order valence-corrected chi connectivity index (χ0v) is 9.84. The quantitative estimate of drug-likeness (QED) is 0.386. The highest BCUT2D eigenvalue weighted by Gasteiger charge is 2.13. The molecule has 18 heavy (non-hydrogen) atoms. The van der Waals surface area contributed by atoms with Crippen LogP contribution in [0.15, 0.2) is 27.4 Å². The van der Waals surface area contributed by atoms with Crippen LogP contribution in [0.4, 0.5) is 0 Å². The number of nitrogens with one attached hydrogen (secondary N) is 1. The van der Waals surface area contributed by atoms with Gasteiger partial charge in [0.1, 0.15) is 0 Å². The van der Waals surface area contributed by atoms with Gasteiger partial charge in [-0.2, -0.15) is 0 Å². The molecular weight excluding hydrogens is 236 g/mol. The van der Waals surface area contributed by atoms with Gasteiger partial charge in [-0.05, 0) is 17.7 Å². The number of hydrazine groups is 1. The minimum atomic E-state index is -0.497. The number of aromatic nitrogens is 1. The van der Waals surface area contributed by atoms with Gasteiger partial charge in [0, 0.05) is 19.5 Å². The van der Waals surface area contributed by atoms with Crippen LogP contribution in [0, 0.1) is 0 Å². The van der Waals surface area contributed by atoms with E-state index in [-0.39, 0.29) is 12.3 Å². The van der Waals surface area contributed by atoms with Crippen molar-refractivity contribution in [3.05, 3.63) is 34.3 Å². The fraction of sp³-hybridized carbons (Fsp3) is 0.273. The molecule has 1 atom stereocenters.